The van der Waals surface area contributed by atoms with E-state index in [9.17, 15) is 14.7 Å². The number of hydrogen-bond donors (Lipinski definition) is 2. The van der Waals surface area contributed by atoms with E-state index in [0.717, 1.165) is 0 Å². The Kier molecular flexibility index (Phi) is 2.18. The van der Waals surface area contributed by atoms with E-state index in [1.54, 1.807) is 6.92 Å². The summed E-state index contributed by atoms with van der Waals surface area (Å²) in [5.74, 6) is -0.868. The Morgan fingerprint density at radius 1 is 1.83 bits per heavy atom. The van der Waals surface area contributed by atoms with Crippen LogP contribution in [0.4, 0.5) is 4.79 Å². The second-order valence-electron chi connectivity index (χ2n) is 2.81. The van der Waals surface area contributed by atoms with Gasteiger partial charge in [0, 0.05) is 5.92 Å². The normalized spacial score (nSPS) is 29.2. The van der Waals surface area contributed by atoms with E-state index >= 15 is 0 Å². The lowest BCUT2D eigenvalue weighted by Crippen LogP contribution is -2.48. The van der Waals surface area contributed by atoms with Gasteiger partial charge in [0.25, 0.3) is 5.91 Å². The summed E-state index contributed by atoms with van der Waals surface area (Å²) in [6.45, 7) is 1.80. The Balaban J connectivity index is 2.63. The van der Waals surface area contributed by atoms with Crippen molar-refractivity contribution in [3.63, 3.8) is 0 Å². The highest BCUT2D eigenvalue weighted by Gasteiger charge is 2.37. The first-order chi connectivity index (χ1) is 5.52. The van der Waals surface area contributed by atoms with Gasteiger partial charge in [-0.05, 0) is 0 Å². The second-order valence-corrected chi connectivity index (χ2v) is 2.81. The van der Waals surface area contributed by atoms with E-state index < -0.39 is 18.0 Å². The molecule has 2 amide bonds. The largest absolute Gasteiger partial charge is 0.530 e. The smallest absolute Gasteiger partial charge is 0.268 e. The predicted octanol–water partition coefficient (Wildman–Crippen LogP) is -1.84. The van der Waals surface area contributed by atoms with Crippen molar-refractivity contribution in [3.05, 3.63) is 0 Å². The van der Waals surface area contributed by atoms with Crippen molar-refractivity contribution in [1.82, 2.24) is 10.4 Å². The third-order valence-electron chi connectivity index (χ3n) is 1.82. The van der Waals surface area contributed by atoms with E-state index in [-0.39, 0.29) is 12.5 Å². The highest BCUT2D eigenvalue weighted by atomic mass is 16.5. The maximum Gasteiger partial charge on any atom is 0.268 e. The van der Waals surface area contributed by atoms with Gasteiger partial charge < -0.3 is 15.2 Å². The van der Waals surface area contributed by atoms with Crippen LogP contribution >= 0.6 is 0 Å². The van der Waals surface area contributed by atoms with Crippen molar-refractivity contribution in [2.45, 2.75) is 13.0 Å². The van der Waals surface area contributed by atoms with Crippen molar-refractivity contribution >= 4 is 12.0 Å². The molecular weight excluding hydrogens is 164 g/mol. The fourth-order valence-corrected chi connectivity index (χ4v) is 1.20. The molecule has 1 fully saturated rings. The molecule has 12 heavy (non-hydrogen) atoms. The maximum absolute atomic E-state index is 11.0. The third kappa shape index (κ3) is 1.48. The summed E-state index contributed by atoms with van der Waals surface area (Å²) in [7, 11) is 0. The zero-order valence-electron chi connectivity index (χ0n) is 6.48. The number of nitrogens with one attached hydrogen (secondary N) is 1. The van der Waals surface area contributed by atoms with Gasteiger partial charge in [0.15, 0.2) is 0 Å². The lowest BCUT2D eigenvalue weighted by molar-refractivity contribution is -0.251. The molecule has 2 atom stereocenters. The molecule has 1 rings (SSSR count). The van der Waals surface area contributed by atoms with Crippen LogP contribution in [0.5, 0.6) is 0 Å². The van der Waals surface area contributed by atoms with Gasteiger partial charge in [-0.2, -0.15) is 0 Å². The first-order valence-electron chi connectivity index (χ1n) is 3.50. The quantitative estimate of drug-likeness (QED) is 0.455. The molecule has 0 aliphatic carbocycles. The van der Waals surface area contributed by atoms with E-state index in [4.69, 9.17) is 5.21 Å². The molecule has 0 spiro atoms. The summed E-state index contributed by atoms with van der Waals surface area (Å²) in [6, 6.07) is -0.875. The standard InChI is InChI=1S/C6H10N2O4/c1-3-2-8(12)5(9)4(3)7-6(10)11/h3-4,7,12H,2H2,1H3,(H,10,11)/p-1. The van der Waals surface area contributed by atoms with Crippen molar-refractivity contribution in [2.24, 2.45) is 5.92 Å². The Hall–Kier alpha value is -1.30. The summed E-state index contributed by atoms with van der Waals surface area (Å²) in [4.78, 5) is 21.1. The van der Waals surface area contributed by atoms with Crippen molar-refractivity contribution in [1.29, 1.82) is 0 Å². The lowest BCUT2D eigenvalue weighted by Gasteiger charge is -2.15. The molecule has 2 N–H and O–H groups in total. The fraction of sp³-hybridized carbons (Fsp3) is 0.667. The number of amides is 2. The van der Waals surface area contributed by atoms with Crippen LogP contribution in [-0.4, -0.2) is 34.9 Å². The van der Waals surface area contributed by atoms with Crippen LogP contribution in [0.3, 0.4) is 0 Å². The molecule has 1 saturated heterocycles. The Morgan fingerprint density at radius 3 is 2.75 bits per heavy atom. The average Bonchev–Trinajstić information content (AvgIpc) is 2.16. The molecule has 0 aromatic carbocycles. The van der Waals surface area contributed by atoms with Crippen LogP contribution < -0.4 is 10.4 Å². The zero-order valence-corrected chi connectivity index (χ0v) is 6.48. The van der Waals surface area contributed by atoms with Gasteiger partial charge in [0.1, 0.15) is 12.1 Å². The van der Waals surface area contributed by atoms with Crippen LogP contribution in [0.15, 0.2) is 0 Å². The zero-order chi connectivity index (χ0) is 9.30. The number of carbonyl (C=O) groups excluding carboxylic acids is 2. The van der Waals surface area contributed by atoms with E-state index in [1.807, 2.05) is 5.32 Å². The highest BCUT2D eigenvalue weighted by molar-refractivity contribution is 5.86. The van der Waals surface area contributed by atoms with Crippen LogP contribution in [-0.2, 0) is 4.79 Å². The predicted molar refractivity (Wildman–Crippen MR) is 35.0 cm³/mol. The number of carbonyl (C=O) groups is 2. The number of hydroxylamine groups is 2. The molecule has 0 bridgehead atoms. The van der Waals surface area contributed by atoms with Gasteiger partial charge >= 0.3 is 0 Å². The van der Waals surface area contributed by atoms with Crippen molar-refractivity contribution in [3.8, 4) is 0 Å². The van der Waals surface area contributed by atoms with Crippen LogP contribution in [0.2, 0.25) is 0 Å². The van der Waals surface area contributed by atoms with E-state index in [0.29, 0.717) is 5.06 Å². The molecule has 0 aromatic rings. The molecular formula is C6H9N2O4-. The summed E-state index contributed by atoms with van der Waals surface area (Å²) in [5.41, 5.74) is 0. The van der Waals surface area contributed by atoms with Gasteiger partial charge in [0.2, 0.25) is 0 Å². The monoisotopic (exact) mass is 173 g/mol. The molecule has 0 radical (unpaired) electrons. The number of nitrogens with zero attached hydrogens (tertiary/aromatic N) is 1. The number of rotatable bonds is 1. The number of carboxylic acid groups (broad SMARTS) is 1. The molecule has 1 aliphatic rings. The first kappa shape index (κ1) is 8.79. The molecule has 6 heteroatoms. The Labute approximate surface area is 68.7 Å². The Bertz CT molecular complexity index is 218. The summed E-state index contributed by atoms with van der Waals surface area (Å²) in [5, 5.41) is 21.4. The van der Waals surface area contributed by atoms with Gasteiger partial charge in [-0.25, -0.2) is 5.06 Å². The van der Waals surface area contributed by atoms with Gasteiger partial charge in [0.05, 0.1) is 6.54 Å². The third-order valence-corrected chi connectivity index (χ3v) is 1.82. The SMILES string of the molecule is CC1CN(O)C(=O)C1NC(=O)[O-]. The van der Waals surface area contributed by atoms with Gasteiger partial charge in [-0.1, -0.05) is 6.92 Å². The van der Waals surface area contributed by atoms with Gasteiger partial charge in [-0.3, -0.25) is 10.0 Å². The maximum atomic E-state index is 11.0. The minimum absolute atomic E-state index is 0.143. The lowest BCUT2D eigenvalue weighted by atomic mass is 10.1. The van der Waals surface area contributed by atoms with Crippen molar-refractivity contribution < 1.29 is 19.9 Å². The highest BCUT2D eigenvalue weighted by Crippen LogP contribution is 2.15. The summed E-state index contributed by atoms with van der Waals surface area (Å²) in [6.07, 6.45) is -1.50. The van der Waals surface area contributed by atoms with Crippen LogP contribution in [0.1, 0.15) is 6.92 Å². The summed E-state index contributed by atoms with van der Waals surface area (Å²) < 4.78 is 0. The summed E-state index contributed by atoms with van der Waals surface area (Å²) >= 11 is 0. The molecule has 0 aromatic heterocycles. The molecule has 1 aliphatic heterocycles. The first-order valence-corrected chi connectivity index (χ1v) is 3.50. The van der Waals surface area contributed by atoms with E-state index in [2.05, 4.69) is 0 Å². The molecule has 6 nitrogen and oxygen atoms in total. The fourth-order valence-electron chi connectivity index (χ4n) is 1.20. The van der Waals surface area contributed by atoms with Crippen molar-refractivity contribution in [2.75, 3.05) is 6.54 Å². The van der Waals surface area contributed by atoms with Crippen LogP contribution in [0.25, 0.3) is 0 Å². The average molecular weight is 173 g/mol. The molecule has 1 heterocycles. The molecule has 0 saturated carbocycles. The van der Waals surface area contributed by atoms with Crippen LogP contribution in [0, 0.1) is 5.92 Å². The number of hydrogen-bond acceptors (Lipinski definition) is 4. The minimum atomic E-state index is -1.50. The van der Waals surface area contributed by atoms with Gasteiger partial charge in [-0.15, -0.1) is 0 Å². The topological polar surface area (TPSA) is 92.7 Å². The second kappa shape index (κ2) is 2.98. The molecule has 2 unspecified atom stereocenters. The molecule has 68 valence electrons. The Morgan fingerprint density at radius 2 is 2.42 bits per heavy atom. The minimum Gasteiger partial charge on any atom is -0.530 e. The van der Waals surface area contributed by atoms with E-state index in [1.165, 1.54) is 0 Å².